The molecular weight excluding hydrogens is 667 g/mol. The van der Waals surface area contributed by atoms with Gasteiger partial charge in [-0.1, -0.05) is 135 Å². The summed E-state index contributed by atoms with van der Waals surface area (Å²) in [6.07, 6.45) is 19.3. The molecule has 0 N–H and O–H groups in total. The van der Waals surface area contributed by atoms with Gasteiger partial charge in [0.25, 0.3) is 0 Å². The number of anilines is 7. The highest BCUT2D eigenvalue weighted by molar-refractivity contribution is 5.88. The number of benzene rings is 6. The Kier molecular flexibility index (Phi) is 7.81. The molecule has 1 aliphatic heterocycles. The minimum Gasteiger partial charge on any atom is -0.355 e. The summed E-state index contributed by atoms with van der Waals surface area (Å²) in [6, 6.07) is 53.8. The number of nitrogens with zero attached hydrogens (tertiary/aromatic N) is 3. The van der Waals surface area contributed by atoms with E-state index in [0.29, 0.717) is 0 Å². The molecule has 3 aliphatic carbocycles. The van der Waals surface area contributed by atoms with Crippen LogP contribution in [0.1, 0.15) is 49.8 Å². The standard InChI is InChI=1S/C52H45N3/c1-51(2)47-24-14-13-23-44(47)46-35-42(31-33-48(46)51)54(40-28-26-39(27-29-40)53(37-17-7-4-8-18-37)38-19-9-5-10-20-38)43-30-32-45-49-25-15-16-34-52(49,3)55(50(45)36-43)41-21-11-6-12-22-41/h4-21,23-36,41,49H,22H2,1-3H3/t41-,49?,52?/m0/s1. The average Bonchev–Trinajstić information content (AvgIpc) is 3.63. The van der Waals surface area contributed by atoms with Gasteiger partial charge in [-0.15, -0.1) is 0 Å². The highest BCUT2D eigenvalue weighted by atomic mass is 15.3. The van der Waals surface area contributed by atoms with Crippen molar-refractivity contribution in [3.8, 4) is 11.1 Å². The molecule has 4 aliphatic rings. The Balaban J connectivity index is 1.13. The maximum Gasteiger partial charge on any atom is 0.0669 e. The lowest BCUT2D eigenvalue weighted by molar-refractivity contribution is 0.469. The molecule has 0 aromatic heterocycles. The van der Waals surface area contributed by atoms with Crippen LogP contribution >= 0.6 is 0 Å². The highest BCUT2D eigenvalue weighted by Gasteiger charge is 2.48. The SMILES string of the molecule is CC1(C)c2ccccc2-c2cc(N(c3ccc(N(c4ccccc4)c4ccccc4)cc3)c3ccc4c(c3)N([C@H]3C=CC=CC3)C3(C)C=CC=CC43)ccc21. The van der Waals surface area contributed by atoms with Crippen LogP contribution in [-0.4, -0.2) is 11.6 Å². The lowest BCUT2D eigenvalue weighted by Gasteiger charge is -2.43. The quantitative estimate of drug-likeness (QED) is 0.163. The highest BCUT2D eigenvalue weighted by Crippen LogP contribution is 2.55. The molecule has 268 valence electrons. The lowest BCUT2D eigenvalue weighted by Crippen LogP contribution is -2.50. The molecule has 0 saturated heterocycles. The van der Waals surface area contributed by atoms with E-state index in [4.69, 9.17) is 0 Å². The van der Waals surface area contributed by atoms with Crippen LogP contribution in [0.25, 0.3) is 11.1 Å². The zero-order valence-electron chi connectivity index (χ0n) is 31.7. The molecule has 0 saturated carbocycles. The first-order valence-corrected chi connectivity index (χ1v) is 19.6. The first-order valence-electron chi connectivity index (χ1n) is 19.6. The van der Waals surface area contributed by atoms with Crippen LogP contribution in [0, 0.1) is 0 Å². The monoisotopic (exact) mass is 711 g/mol. The molecule has 0 spiro atoms. The van der Waals surface area contributed by atoms with E-state index in [-0.39, 0.29) is 22.9 Å². The summed E-state index contributed by atoms with van der Waals surface area (Å²) >= 11 is 0. The van der Waals surface area contributed by atoms with Crippen molar-refractivity contribution >= 4 is 39.8 Å². The zero-order chi connectivity index (χ0) is 37.1. The minimum atomic E-state index is -0.149. The Labute approximate surface area is 325 Å². The number of fused-ring (bicyclic) bond motifs is 6. The van der Waals surface area contributed by atoms with Crippen LogP contribution in [0.2, 0.25) is 0 Å². The van der Waals surface area contributed by atoms with Crippen LogP contribution in [0.3, 0.4) is 0 Å². The number of hydrogen-bond acceptors (Lipinski definition) is 3. The number of allylic oxidation sites excluding steroid dienone is 4. The van der Waals surface area contributed by atoms with Crippen molar-refractivity contribution in [2.24, 2.45) is 0 Å². The van der Waals surface area contributed by atoms with Gasteiger partial charge >= 0.3 is 0 Å². The second-order valence-corrected chi connectivity index (χ2v) is 15.9. The lowest BCUT2D eigenvalue weighted by atomic mass is 9.80. The average molecular weight is 712 g/mol. The predicted molar refractivity (Wildman–Crippen MR) is 232 cm³/mol. The van der Waals surface area contributed by atoms with Crippen LogP contribution in [0.15, 0.2) is 194 Å². The molecule has 0 bridgehead atoms. The first kappa shape index (κ1) is 33.3. The van der Waals surface area contributed by atoms with Gasteiger partial charge in [0.1, 0.15) is 0 Å². The van der Waals surface area contributed by atoms with Gasteiger partial charge in [-0.25, -0.2) is 0 Å². The Bertz CT molecular complexity index is 2490. The summed E-state index contributed by atoms with van der Waals surface area (Å²) in [4.78, 5) is 7.46. The van der Waals surface area contributed by atoms with E-state index in [2.05, 4.69) is 230 Å². The topological polar surface area (TPSA) is 9.72 Å². The minimum absolute atomic E-state index is 0.0575. The largest absolute Gasteiger partial charge is 0.355 e. The molecule has 6 aromatic rings. The summed E-state index contributed by atoms with van der Waals surface area (Å²) in [5, 5.41) is 0. The van der Waals surface area contributed by atoms with Crippen molar-refractivity contribution in [3.05, 3.63) is 211 Å². The number of para-hydroxylation sites is 2. The summed E-state index contributed by atoms with van der Waals surface area (Å²) in [6.45, 7) is 7.11. The Morgan fingerprint density at radius 3 is 1.76 bits per heavy atom. The van der Waals surface area contributed by atoms with Gasteiger partial charge in [0.2, 0.25) is 0 Å². The van der Waals surface area contributed by atoms with Crippen LogP contribution in [0.5, 0.6) is 0 Å². The second kappa shape index (κ2) is 12.9. The summed E-state index contributed by atoms with van der Waals surface area (Å²) in [5.74, 6) is 0.286. The molecular formula is C52H45N3. The third-order valence-electron chi connectivity index (χ3n) is 12.4. The molecule has 10 rings (SSSR count). The molecule has 3 atom stereocenters. The van der Waals surface area contributed by atoms with Crippen molar-refractivity contribution in [1.82, 2.24) is 0 Å². The van der Waals surface area contributed by atoms with Crippen molar-refractivity contribution in [1.29, 1.82) is 0 Å². The molecule has 0 fully saturated rings. The van der Waals surface area contributed by atoms with Crippen molar-refractivity contribution < 1.29 is 0 Å². The predicted octanol–water partition coefficient (Wildman–Crippen LogP) is 13.6. The van der Waals surface area contributed by atoms with Crippen LogP contribution in [0.4, 0.5) is 39.8 Å². The molecule has 3 nitrogen and oxygen atoms in total. The van der Waals surface area contributed by atoms with Gasteiger partial charge in [-0.3, -0.25) is 0 Å². The molecule has 3 heteroatoms. The Morgan fingerprint density at radius 2 is 1.07 bits per heavy atom. The first-order chi connectivity index (χ1) is 26.9. The maximum absolute atomic E-state index is 2.68. The van der Waals surface area contributed by atoms with Gasteiger partial charge < -0.3 is 14.7 Å². The van der Waals surface area contributed by atoms with Crippen molar-refractivity contribution in [2.75, 3.05) is 14.7 Å². The molecule has 1 heterocycles. The Morgan fingerprint density at radius 1 is 0.509 bits per heavy atom. The van der Waals surface area contributed by atoms with Gasteiger partial charge in [0.15, 0.2) is 0 Å². The zero-order valence-corrected chi connectivity index (χ0v) is 31.7. The van der Waals surface area contributed by atoms with Crippen molar-refractivity contribution in [3.63, 3.8) is 0 Å². The molecule has 2 unspecified atom stereocenters. The van der Waals surface area contributed by atoms with E-state index < -0.39 is 0 Å². The van der Waals surface area contributed by atoms with E-state index in [1.54, 1.807) is 0 Å². The van der Waals surface area contributed by atoms with E-state index in [9.17, 15) is 0 Å². The third kappa shape index (κ3) is 5.33. The summed E-state index contributed by atoms with van der Waals surface area (Å²) in [5.41, 5.74) is 14.7. The molecule has 6 aromatic carbocycles. The van der Waals surface area contributed by atoms with Crippen molar-refractivity contribution in [2.45, 2.75) is 50.1 Å². The van der Waals surface area contributed by atoms with E-state index in [1.165, 1.54) is 33.5 Å². The van der Waals surface area contributed by atoms with Crippen LogP contribution < -0.4 is 14.7 Å². The van der Waals surface area contributed by atoms with Gasteiger partial charge in [0.05, 0.1) is 11.6 Å². The third-order valence-corrected chi connectivity index (χ3v) is 12.4. The smallest absolute Gasteiger partial charge is 0.0669 e. The molecule has 55 heavy (non-hydrogen) atoms. The van der Waals surface area contributed by atoms with E-state index in [0.717, 1.165) is 40.5 Å². The van der Waals surface area contributed by atoms with E-state index >= 15 is 0 Å². The second-order valence-electron chi connectivity index (χ2n) is 15.9. The van der Waals surface area contributed by atoms with Gasteiger partial charge in [-0.2, -0.15) is 0 Å². The normalized spacial score (nSPS) is 20.8. The fourth-order valence-electron chi connectivity index (χ4n) is 9.72. The number of rotatable bonds is 7. The summed E-state index contributed by atoms with van der Waals surface area (Å²) < 4.78 is 0. The van der Waals surface area contributed by atoms with Gasteiger partial charge in [-0.05, 0) is 114 Å². The molecule has 0 radical (unpaired) electrons. The van der Waals surface area contributed by atoms with Gasteiger partial charge in [0, 0.05) is 51.1 Å². The summed E-state index contributed by atoms with van der Waals surface area (Å²) in [7, 11) is 0. The maximum atomic E-state index is 2.68. The van der Waals surface area contributed by atoms with E-state index in [1.807, 2.05) is 0 Å². The fourth-order valence-corrected chi connectivity index (χ4v) is 9.72. The number of hydrogen-bond donors (Lipinski definition) is 0. The Hall–Kier alpha value is -6.32. The fraction of sp³-hybridized carbons (Fsp3) is 0.154. The molecule has 0 amide bonds. The van der Waals surface area contributed by atoms with Crippen LogP contribution in [-0.2, 0) is 5.41 Å².